The van der Waals surface area contributed by atoms with E-state index in [-0.39, 0.29) is 24.0 Å². The molecule has 0 amide bonds. The van der Waals surface area contributed by atoms with Gasteiger partial charge in [0, 0.05) is 32.6 Å². The Morgan fingerprint density at radius 2 is 2.00 bits per heavy atom. The van der Waals surface area contributed by atoms with Gasteiger partial charge in [-0.1, -0.05) is 13.8 Å². The Labute approximate surface area is 156 Å². The minimum absolute atomic E-state index is 0. The van der Waals surface area contributed by atoms with Crippen molar-refractivity contribution >= 4 is 46.4 Å². The molecule has 1 aromatic rings. The van der Waals surface area contributed by atoms with Crippen LogP contribution in [0, 0.1) is 5.92 Å². The molecule has 0 saturated heterocycles. The normalized spacial score (nSPS) is 12.8. The Balaban J connectivity index is 0.00000441. The quantitative estimate of drug-likeness (QED) is 0.389. The number of halogens is 1. The molecule has 0 aromatic carbocycles. The largest absolute Gasteiger partial charge is 0.354 e. The van der Waals surface area contributed by atoms with Gasteiger partial charge >= 0.3 is 0 Å². The summed E-state index contributed by atoms with van der Waals surface area (Å²) in [5.74, 6) is 1.58. The van der Waals surface area contributed by atoms with Crippen molar-refractivity contribution in [1.29, 1.82) is 0 Å². The van der Waals surface area contributed by atoms with Gasteiger partial charge in [0.1, 0.15) is 0 Å². The summed E-state index contributed by atoms with van der Waals surface area (Å²) in [5.41, 5.74) is 1.04. The zero-order valence-electron chi connectivity index (χ0n) is 14.5. The van der Waals surface area contributed by atoms with Crippen LogP contribution in [0.4, 0.5) is 5.13 Å². The average molecular weight is 439 g/mol. The molecule has 0 spiro atoms. The number of aliphatic imine (C=N–C) groups is 1. The summed E-state index contributed by atoms with van der Waals surface area (Å²) < 4.78 is 0. The smallest absolute Gasteiger partial charge is 0.191 e. The van der Waals surface area contributed by atoms with Gasteiger partial charge in [-0.3, -0.25) is 4.99 Å². The molecule has 1 unspecified atom stereocenters. The molecule has 1 aromatic heterocycles. The van der Waals surface area contributed by atoms with Crippen molar-refractivity contribution in [2.24, 2.45) is 10.9 Å². The number of hydrogen-bond donors (Lipinski definition) is 2. The topological polar surface area (TPSA) is 52.6 Å². The fourth-order valence-electron chi connectivity index (χ4n) is 1.84. The molecule has 2 N–H and O–H groups in total. The van der Waals surface area contributed by atoms with E-state index in [0.717, 1.165) is 29.1 Å². The first-order valence-electron chi connectivity index (χ1n) is 7.51. The van der Waals surface area contributed by atoms with Crippen LogP contribution in [0.1, 0.15) is 39.3 Å². The number of nitrogens with one attached hydrogen (secondary N) is 2. The maximum Gasteiger partial charge on any atom is 0.191 e. The summed E-state index contributed by atoms with van der Waals surface area (Å²) in [5, 5.41) is 9.86. The number of thiazole rings is 1. The molecule has 0 aliphatic heterocycles. The molecule has 1 rings (SSSR count). The molecule has 0 fully saturated rings. The van der Waals surface area contributed by atoms with Crippen LogP contribution in [0.25, 0.3) is 0 Å². The Bertz CT molecular complexity index is 445. The summed E-state index contributed by atoms with van der Waals surface area (Å²) in [6.45, 7) is 7.40. The van der Waals surface area contributed by atoms with E-state index in [2.05, 4.69) is 46.8 Å². The highest BCUT2D eigenvalue weighted by Crippen LogP contribution is 2.17. The number of rotatable bonds is 7. The molecule has 0 aliphatic carbocycles. The molecular formula is C15H30IN5S. The second-order valence-corrected chi connectivity index (χ2v) is 6.79. The molecule has 0 saturated carbocycles. The Hall–Kier alpha value is -0.570. The van der Waals surface area contributed by atoms with E-state index < -0.39 is 0 Å². The summed E-state index contributed by atoms with van der Waals surface area (Å²) in [4.78, 5) is 10.8. The zero-order chi connectivity index (χ0) is 15.8. The lowest BCUT2D eigenvalue weighted by Gasteiger charge is -2.18. The van der Waals surface area contributed by atoms with E-state index in [0.29, 0.717) is 12.6 Å². The first kappa shape index (κ1) is 21.4. The van der Waals surface area contributed by atoms with Gasteiger partial charge in [0.2, 0.25) is 0 Å². The highest BCUT2D eigenvalue weighted by atomic mass is 127. The van der Waals surface area contributed by atoms with E-state index >= 15 is 0 Å². The lowest BCUT2D eigenvalue weighted by molar-refractivity contribution is 0.489. The van der Waals surface area contributed by atoms with Crippen LogP contribution < -0.4 is 15.5 Å². The van der Waals surface area contributed by atoms with E-state index in [1.165, 1.54) is 6.42 Å². The molecule has 22 heavy (non-hydrogen) atoms. The predicted octanol–water partition coefficient (Wildman–Crippen LogP) is 3.32. The molecule has 1 atom stereocenters. The van der Waals surface area contributed by atoms with Crippen molar-refractivity contribution in [3.63, 3.8) is 0 Å². The summed E-state index contributed by atoms with van der Waals surface area (Å²) in [7, 11) is 5.82. The summed E-state index contributed by atoms with van der Waals surface area (Å²) in [6, 6.07) is 0.423. The van der Waals surface area contributed by atoms with Crippen molar-refractivity contribution in [1.82, 2.24) is 15.6 Å². The van der Waals surface area contributed by atoms with Crippen molar-refractivity contribution in [3.05, 3.63) is 11.1 Å². The van der Waals surface area contributed by atoms with Crippen LogP contribution in [0.5, 0.6) is 0 Å². The van der Waals surface area contributed by atoms with E-state index in [1.54, 1.807) is 18.4 Å². The molecule has 5 nitrogen and oxygen atoms in total. The van der Waals surface area contributed by atoms with Gasteiger partial charge in [0.05, 0.1) is 12.2 Å². The number of hydrogen-bond acceptors (Lipinski definition) is 4. The lowest BCUT2D eigenvalue weighted by atomic mass is 10.0. The van der Waals surface area contributed by atoms with Gasteiger partial charge in [-0.15, -0.1) is 35.3 Å². The molecule has 0 radical (unpaired) electrons. The van der Waals surface area contributed by atoms with Crippen LogP contribution in [0.2, 0.25) is 0 Å². The van der Waals surface area contributed by atoms with E-state index in [1.807, 2.05) is 19.0 Å². The number of nitrogens with zero attached hydrogens (tertiary/aromatic N) is 3. The third-order valence-electron chi connectivity index (χ3n) is 3.14. The minimum atomic E-state index is 0. The van der Waals surface area contributed by atoms with Gasteiger partial charge in [-0.05, 0) is 25.7 Å². The van der Waals surface area contributed by atoms with Gasteiger partial charge in [0.15, 0.2) is 11.1 Å². The van der Waals surface area contributed by atoms with E-state index in [9.17, 15) is 0 Å². The Morgan fingerprint density at radius 1 is 1.32 bits per heavy atom. The molecule has 128 valence electrons. The highest BCUT2D eigenvalue weighted by Gasteiger charge is 2.08. The molecule has 0 bridgehead atoms. The zero-order valence-corrected chi connectivity index (χ0v) is 17.7. The number of aromatic nitrogens is 1. The fraction of sp³-hybridized carbons (Fsp3) is 0.733. The van der Waals surface area contributed by atoms with Gasteiger partial charge in [0.25, 0.3) is 0 Å². The number of guanidine groups is 1. The van der Waals surface area contributed by atoms with Crippen molar-refractivity contribution in [2.75, 3.05) is 26.0 Å². The van der Waals surface area contributed by atoms with Crippen LogP contribution in [-0.4, -0.2) is 38.1 Å². The predicted molar refractivity (Wildman–Crippen MR) is 109 cm³/mol. The second-order valence-electron chi connectivity index (χ2n) is 5.96. The lowest BCUT2D eigenvalue weighted by Crippen LogP contribution is -2.42. The van der Waals surface area contributed by atoms with Crippen LogP contribution in [-0.2, 0) is 6.54 Å². The molecule has 1 heterocycles. The standard InChI is InChI=1S/C15H29N5S.HI/c1-11(2)7-8-12(3)18-14(16-4)17-9-13-10-21-15(19-13)20(5)6;/h10-12H,7-9H2,1-6H3,(H2,16,17,18);1H. The first-order chi connectivity index (χ1) is 9.92. The fourth-order valence-corrected chi connectivity index (χ4v) is 2.60. The maximum atomic E-state index is 4.55. The molecule has 0 aliphatic rings. The Kier molecular flexibility index (Phi) is 10.8. The van der Waals surface area contributed by atoms with Crippen molar-refractivity contribution in [2.45, 2.75) is 46.2 Å². The second kappa shape index (κ2) is 11.0. The highest BCUT2D eigenvalue weighted by molar-refractivity contribution is 14.0. The van der Waals surface area contributed by atoms with Crippen molar-refractivity contribution < 1.29 is 0 Å². The van der Waals surface area contributed by atoms with Gasteiger partial charge < -0.3 is 15.5 Å². The van der Waals surface area contributed by atoms with Gasteiger partial charge in [-0.2, -0.15) is 0 Å². The van der Waals surface area contributed by atoms with Crippen LogP contribution >= 0.6 is 35.3 Å². The Morgan fingerprint density at radius 3 is 2.50 bits per heavy atom. The van der Waals surface area contributed by atoms with Crippen LogP contribution in [0.3, 0.4) is 0 Å². The third kappa shape index (κ3) is 8.17. The van der Waals surface area contributed by atoms with Crippen LogP contribution in [0.15, 0.2) is 10.4 Å². The van der Waals surface area contributed by atoms with E-state index in [4.69, 9.17) is 0 Å². The van der Waals surface area contributed by atoms with Gasteiger partial charge in [-0.25, -0.2) is 4.98 Å². The van der Waals surface area contributed by atoms with Crippen molar-refractivity contribution in [3.8, 4) is 0 Å². The first-order valence-corrected chi connectivity index (χ1v) is 8.39. The number of anilines is 1. The monoisotopic (exact) mass is 439 g/mol. The molecular weight excluding hydrogens is 409 g/mol. The SMILES string of the molecule is CN=C(NCc1csc(N(C)C)n1)NC(C)CCC(C)C.I. The molecule has 7 heteroatoms. The third-order valence-corrected chi connectivity index (χ3v) is 4.20. The summed E-state index contributed by atoms with van der Waals surface area (Å²) in [6.07, 6.45) is 2.38. The summed E-state index contributed by atoms with van der Waals surface area (Å²) >= 11 is 1.66. The maximum absolute atomic E-state index is 4.55. The minimum Gasteiger partial charge on any atom is -0.354 e. The average Bonchev–Trinajstić information content (AvgIpc) is 2.90.